The van der Waals surface area contributed by atoms with Crippen LogP contribution in [0.4, 0.5) is 0 Å². The SMILES string of the molecule is CC(C)[C@@H]([NH2+][C@H](C)C(N)=O)c1ccc(C2CCCCC2)cc1. The van der Waals surface area contributed by atoms with Gasteiger partial charge in [-0.25, -0.2) is 0 Å². The summed E-state index contributed by atoms with van der Waals surface area (Å²) in [4.78, 5) is 11.3. The molecule has 0 unspecified atom stereocenters. The summed E-state index contributed by atoms with van der Waals surface area (Å²) in [5.74, 6) is 0.959. The summed E-state index contributed by atoms with van der Waals surface area (Å²) >= 11 is 0. The maximum absolute atomic E-state index is 11.3. The fraction of sp³-hybridized carbons (Fsp3) is 0.632. The smallest absolute Gasteiger partial charge is 0.275 e. The van der Waals surface area contributed by atoms with Gasteiger partial charge in [0.05, 0.1) is 0 Å². The summed E-state index contributed by atoms with van der Waals surface area (Å²) in [6, 6.07) is 9.18. The van der Waals surface area contributed by atoms with Gasteiger partial charge in [0.25, 0.3) is 5.91 Å². The number of hydrogen-bond donors (Lipinski definition) is 2. The van der Waals surface area contributed by atoms with Crippen molar-refractivity contribution in [2.24, 2.45) is 11.7 Å². The Kier molecular flexibility index (Phi) is 6.01. The fourth-order valence-electron chi connectivity index (χ4n) is 3.55. The van der Waals surface area contributed by atoms with Crippen LogP contribution in [0.1, 0.15) is 76.0 Å². The molecule has 122 valence electrons. The van der Waals surface area contributed by atoms with Crippen LogP contribution < -0.4 is 11.1 Å². The highest BCUT2D eigenvalue weighted by Crippen LogP contribution is 2.33. The van der Waals surface area contributed by atoms with Gasteiger partial charge < -0.3 is 11.1 Å². The molecule has 22 heavy (non-hydrogen) atoms. The largest absolute Gasteiger partial charge is 0.365 e. The lowest BCUT2D eigenvalue weighted by molar-refractivity contribution is -0.719. The van der Waals surface area contributed by atoms with Gasteiger partial charge in [-0.2, -0.15) is 0 Å². The first-order chi connectivity index (χ1) is 10.5. The van der Waals surface area contributed by atoms with Gasteiger partial charge in [0.2, 0.25) is 0 Å². The molecule has 4 N–H and O–H groups in total. The summed E-state index contributed by atoms with van der Waals surface area (Å²) in [6.45, 7) is 6.28. The average Bonchev–Trinajstić information content (AvgIpc) is 2.53. The second kappa shape index (κ2) is 7.77. The van der Waals surface area contributed by atoms with Gasteiger partial charge in [-0.15, -0.1) is 0 Å². The molecular formula is C19H31N2O+. The van der Waals surface area contributed by atoms with E-state index in [4.69, 9.17) is 5.73 Å². The highest BCUT2D eigenvalue weighted by Gasteiger charge is 2.25. The number of carbonyl (C=O) groups is 1. The number of amides is 1. The summed E-state index contributed by atoms with van der Waals surface area (Å²) in [5.41, 5.74) is 8.19. The molecular weight excluding hydrogens is 272 g/mol. The Hall–Kier alpha value is -1.35. The molecule has 0 heterocycles. The van der Waals surface area contributed by atoms with E-state index in [-0.39, 0.29) is 18.0 Å². The molecule has 0 radical (unpaired) electrons. The van der Waals surface area contributed by atoms with Gasteiger partial charge in [0.15, 0.2) is 6.04 Å². The van der Waals surface area contributed by atoms with Crippen LogP contribution in [0, 0.1) is 5.92 Å². The molecule has 2 atom stereocenters. The van der Waals surface area contributed by atoms with Crippen molar-refractivity contribution < 1.29 is 10.1 Å². The zero-order chi connectivity index (χ0) is 16.1. The Morgan fingerprint density at radius 1 is 1.09 bits per heavy atom. The van der Waals surface area contributed by atoms with E-state index in [9.17, 15) is 4.79 Å². The van der Waals surface area contributed by atoms with E-state index in [1.165, 1.54) is 43.2 Å². The van der Waals surface area contributed by atoms with Crippen LogP contribution in [-0.4, -0.2) is 11.9 Å². The molecule has 0 saturated heterocycles. The van der Waals surface area contributed by atoms with Gasteiger partial charge in [0.1, 0.15) is 6.04 Å². The predicted molar refractivity (Wildman–Crippen MR) is 90.4 cm³/mol. The number of benzene rings is 1. The molecule has 1 aliphatic carbocycles. The normalized spacial score (nSPS) is 19.1. The minimum atomic E-state index is -0.246. The predicted octanol–water partition coefficient (Wildman–Crippen LogP) is 2.87. The van der Waals surface area contributed by atoms with Crippen molar-refractivity contribution in [2.75, 3.05) is 0 Å². The zero-order valence-electron chi connectivity index (χ0n) is 14.2. The molecule has 0 aromatic heterocycles. The van der Waals surface area contributed by atoms with Crippen molar-refractivity contribution >= 4 is 5.91 Å². The number of carbonyl (C=O) groups excluding carboxylic acids is 1. The standard InChI is InChI=1S/C19H30N2O/c1-13(2)18(21-14(3)19(20)22)17-11-9-16(10-12-17)15-7-5-4-6-8-15/h9-15,18,21H,4-8H2,1-3H3,(H2,20,22)/p+1/t14-,18-/m1/s1. The molecule has 1 aromatic rings. The van der Waals surface area contributed by atoms with Crippen LogP contribution in [0.2, 0.25) is 0 Å². The zero-order valence-corrected chi connectivity index (χ0v) is 14.2. The maximum Gasteiger partial charge on any atom is 0.275 e. The van der Waals surface area contributed by atoms with Gasteiger partial charge in [-0.3, -0.25) is 4.79 Å². The summed E-state index contributed by atoms with van der Waals surface area (Å²) < 4.78 is 0. The van der Waals surface area contributed by atoms with Crippen LogP contribution in [0.25, 0.3) is 0 Å². The monoisotopic (exact) mass is 303 g/mol. The molecule has 3 heteroatoms. The fourth-order valence-corrected chi connectivity index (χ4v) is 3.55. The molecule has 1 fully saturated rings. The lowest BCUT2D eigenvalue weighted by Crippen LogP contribution is -2.93. The van der Waals surface area contributed by atoms with Crippen LogP contribution in [0.3, 0.4) is 0 Å². The van der Waals surface area contributed by atoms with Crippen molar-refractivity contribution in [1.29, 1.82) is 0 Å². The third-order valence-electron chi connectivity index (χ3n) is 5.06. The summed E-state index contributed by atoms with van der Waals surface area (Å²) in [6.07, 6.45) is 6.79. The Labute approximate surface area is 134 Å². The molecule has 1 amide bonds. The first-order valence-corrected chi connectivity index (χ1v) is 8.73. The molecule has 1 aromatic carbocycles. The Balaban J connectivity index is 2.09. The number of primary amides is 1. The van der Waals surface area contributed by atoms with Gasteiger partial charge in [-0.05, 0) is 31.2 Å². The maximum atomic E-state index is 11.3. The van der Waals surface area contributed by atoms with Crippen molar-refractivity contribution in [3.8, 4) is 0 Å². The van der Waals surface area contributed by atoms with Crippen molar-refractivity contribution in [1.82, 2.24) is 0 Å². The van der Waals surface area contributed by atoms with E-state index in [2.05, 4.69) is 43.4 Å². The minimum Gasteiger partial charge on any atom is -0.365 e. The third kappa shape index (κ3) is 4.33. The van der Waals surface area contributed by atoms with Crippen molar-refractivity contribution in [3.05, 3.63) is 35.4 Å². The van der Waals surface area contributed by atoms with E-state index in [1.54, 1.807) is 0 Å². The lowest BCUT2D eigenvalue weighted by Gasteiger charge is -2.24. The molecule has 0 bridgehead atoms. The van der Waals surface area contributed by atoms with E-state index >= 15 is 0 Å². The third-order valence-corrected chi connectivity index (χ3v) is 5.06. The lowest BCUT2D eigenvalue weighted by atomic mass is 9.83. The molecule has 1 saturated carbocycles. The number of rotatable bonds is 6. The second-order valence-electron chi connectivity index (χ2n) is 7.15. The number of quaternary nitrogens is 1. The Morgan fingerprint density at radius 3 is 2.18 bits per heavy atom. The Bertz CT molecular complexity index is 475. The number of hydrogen-bond acceptors (Lipinski definition) is 1. The molecule has 0 spiro atoms. The number of nitrogens with two attached hydrogens (primary N) is 2. The molecule has 1 aliphatic rings. The van der Waals surface area contributed by atoms with Gasteiger partial charge >= 0.3 is 0 Å². The van der Waals surface area contributed by atoms with Crippen molar-refractivity contribution in [2.45, 2.75) is 70.9 Å². The minimum absolute atomic E-state index is 0.189. The highest BCUT2D eigenvalue weighted by molar-refractivity contribution is 5.77. The highest BCUT2D eigenvalue weighted by atomic mass is 16.1. The van der Waals surface area contributed by atoms with Crippen LogP contribution >= 0.6 is 0 Å². The topological polar surface area (TPSA) is 59.7 Å². The van der Waals surface area contributed by atoms with Gasteiger partial charge in [-0.1, -0.05) is 57.4 Å². The first kappa shape index (κ1) is 17.0. The van der Waals surface area contributed by atoms with E-state index in [1.807, 2.05) is 6.92 Å². The quantitative estimate of drug-likeness (QED) is 0.834. The summed E-state index contributed by atoms with van der Waals surface area (Å²) in [7, 11) is 0. The summed E-state index contributed by atoms with van der Waals surface area (Å²) in [5, 5.41) is 2.10. The van der Waals surface area contributed by atoms with Crippen LogP contribution in [-0.2, 0) is 4.79 Å². The molecule has 3 nitrogen and oxygen atoms in total. The van der Waals surface area contributed by atoms with E-state index in [0.717, 1.165) is 5.92 Å². The van der Waals surface area contributed by atoms with E-state index in [0.29, 0.717) is 5.92 Å². The Morgan fingerprint density at radius 2 is 1.68 bits per heavy atom. The van der Waals surface area contributed by atoms with Crippen molar-refractivity contribution in [3.63, 3.8) is 0 Å². The first-order valence-electron chi connectivity index (χ1n) is 8.73. The molecule has 2 rings (SSSR count). The second-order valence-corrected chi connectivity index (χ2v) is 7.15. The molecule has 0 aliphatic heterocycles. The van der Waals surface area contributed by atoms with Crippen LogP contribution in [0.5, 0.6) is 0 Å². The van der Waals surface area contributed by atoms with E-state index < -0.39 is 0 Å². The van der Waals surface area contributed by atoms with Gasteiger partial charge in [0, 0.05) is 11.5 Å². The average molecular weight is 303 g/mol. The van der Waals surface area contributed by atoms with Crippen LogP contribution in [0.15, 0.2) is 24.3 Å².